The van der Waals surface area contributed by atoms with Crippen LogP contribution in [0.2, 0.25) is 0 Å². The van der Waals surface area contributed by atoms with Gasteiger partial charge in [-0.3, -0.25) is 0 Å². The van der Waals surface area contributed by atoms with Crippen LogP contribution in [0.5, 0.6) is 11.5 Å². The van der Waals surface area contributed by atoms with Crippen molar-refractivity contribution in [1.29, 1.82) is 0 Å². The van der Waals surface area contributed by atoms with Crippen molar-refractivity contribution >= 4 is 5.69 Å². The van der Waals surface area contributed by atoms with E-state index in [1.807, 2.05) is 6.07 Å². The predicted octanol–water partition coefficient (Wildman–Crippen LogP) is 2.83. The Kier molecular flexibility index (Phi) is 3.89. The number of nitrogens with one attached hydrogen (secondary N) is 1. The molecule has 1 N–H and O–H groups in total. The van der Waals surface area contributed by atoms with Crippen LogP contribution in [-0.2, 0) is 0 Å². The van der Waals surface area contributed by atoms with Crippen LogP contribution in [0.4, 0.5) is 14.5 Å². The largest absolute Gasteiger partial charge is 0.586 e. The molecule has 0 aliphatic carbocycles. The number of hydrogen-bond donors (Lipinski definition) is 1. The Morgan fingerprint density at radius 3 is 2.95 bits per heavy atom. The van der Waals surface area contributed by atoms with Crippen molar-refractivity contribution in [3.63, 3.8) is 0 Å². The molecule has 1 aromatic carbocycles. The van der Waals surface area contributed by atoms with E-state index in [0.29, 0.717) is 5.92 Å². The highest BCUT2D eigenvalue weighted by molar-refractivity contribution is 5.58. The summed E-state index contributed by atoms with van der Waals surface area (Å²) in [6, 6.07) is 5.00. The first kappa shape index (κ1) is 14.4. The lowest BCUT2D eigenvalue weighted by atomic mass is 10.1. The quantitative estimate of drug-likeness (QED) is 0.848. The number of benzene rings is 1. The fraction of sp³-hybridized carbons (Fsp3) is 0.600. The van der Waals surface area contributed by atoms with E-state index < -0.39 is 6.29 Å². The van der Waals surface area contributed by atoms with Gasteiger partial charge in [-0.05, 0) is 44.0 Å². The second kappa shape index (κ2) is 5.67. The molecule has 2 aliphatic rings. The number of hydrogen-bond acceptors (Lipinski definition) is 4. The Morgan fingerprint density at radius 2 is 2.14 bits per heavy atom. The van der Waals surface area contributed by atoms with Crippen LogP contribution in [0.25, 0.3) is 0 Å². The number of ether oxygens (including phenoxy) is 2. The molecule has 2 heterocycles. The summed E-state index contributed by atoms with van der Waals surface area (Å²) >= 11 is 0. The van der Waals surface area contributed by atoms with Gasteiger partial charge in [0.15, 0.2) is 11.5 Å². The summed E-state index contributed by atoms with van der Waals surface area (Å²) in [7, 11) is 0. The minimum absolute atomic E-state index is 0.101. The molecule has 0 saturated carbocycles. The molecule has 0 bridgehead atoms. The molecule has 116 valence electrons. The summed E-state index contributed by atoms with van der Waals surface area (Å²) in [6.07, 6.45) is -1.30. The molecule has 1 fully saturated rings. The Bertz CT molecular complexity index is 510. The second-order valence-corrected chi connectivity index (χ2v) is 5.60. The van der Waals surface area contributed by atoms with Crippen molar-refractivity contribution in [2.24, 2.45) is 5.92 Å². The van der Waals surface area contributed by atoms with Gasteiger partial charge in [0.25, 0.3) is 0 Å². The van der Waals surface area contributed by atoms with E-state index in [1.165, 1.54) is 0 Å². The molecule has 0 spiro atoms. The molecular weight excluding hydrogens is 278 g/mol. The molecule has 0 radical (unpaired) electrons. The molecular formula is C15H20F2N2O2. The van der Waals surface area contributed by atoms with E-state index in [0.717, 1.165) is 44.7 Å². The molecule has 0 aromatic heterocycles. The molecule has 0 amide bonds. The molecule has 21 heavy (non-hydrogen) atoms. The topological polar surface area (TPSA) is 33.7 Å². The minimum atomic E-state index is -3.54. The van der Waals surface area contributed by atoms with Gasteiger partial charge >= 0.3 is 6.29 Å². The monoisotopic (exact) mass is 298 g/mol. The lowest BCUT2D eigenvalue weighted by Crippen LogP contribution is -2.26. The summed E-state index contributed by atoms with van der Waals surface area (Å²) in [5, 5.41) is 3.43. The number of anilines is 1. The van der Waals surface area contributed by atoms with Gasteiger partial charge in [-0.1, -0.05) is 6.92 Å². The van der Waals surface area contributed by atoms with Crippen molar-refractivity contribution in [3.8, 4) is 11.5 Å². The molecule has 3 rings (SSSR count). The lowest BCUT2D eigenvalue weighted by molar-refractivity contribution is -0.286. The van der Waals surface area contributed by atoms with Crippen molar-refractivity contribution in [2.45, 2.75) is 26.1 Å². The summed E-state index contributed by atoms with van der Waals surface area (Å²) in [5.74, 6) is 0.817. The number of halogens is 2. The van der Waals surface area contributed by atoms with Gasteiger partial charge in [0, 0.05) is 24.8 Å². The predicted molar refractivity (Wildman–Crippen MR) is 76.1 cm³/mol. The highest BCUT2D eigenvalue weighted by Crippen LogP contribution is 2.43. The van der Waals surface area contributed by atoms with E-state index in [2.05, 4.69) is 26.6 Å². The van der Waals surface area contributed by atoms with Gasteiger partial charge in [0.2, 0.25) is 0 Å². The van der Waals surface area contributed by atoms with Crippen molar-refractivity contribution in [2.75, 3.05) is 31.1 Å². The lowest BCUT2D eigenvalue weighted by Gasteiger charge is -2.19. The number of fused-ring (bicyclic) bond motifs is 1. The average molecular weight is 298 g/mol. The van der Waals surface area contributed by atoms with E-state index in [-0.39, 0.29) is 11.5 Å². The summed E-state index contributed by atoms with van der Waals surface area (Å²) in [4.78, 5) is 2.21. The van der Waals surface area contributed by atoms with E-state index in [1.54, 1.807) is 12.1 Å². The molecule has 1 unspecified atom stereocenters. The summed E-state index contributed by atoms with van der Waals surface area (Å²) < 4.78 is 34.9. The average Bonchev–Trinajstić information content (AvgIpc) is 3.00. The zero-order chi connectivity index (χ0) is 14.9. The van der Waals surface area contributed by atoms with Gasteiger partial charge in [-0.2, -0.15) is 0 Å². The number of alkyl halides is 2. The van der Waals surface area contributed by atoms with Gasteiger partial charge in [0.1, 0.15) is 0 Å². The Morgan fingerprint density at radius 1 is 1.33 bits per heavy atom. The van der Waals surface area contributed by atoms with Gasteiger partial charge in [-0.15, -0.1) is 8.78 Å². The maximum absolute atomic E-state index is 13.0. The third-order valence-corrected chi connectivity index (χ3v) is 3.90. The zero-order valence-corrected chi connectivity index (χ0v) is 12.1. The highest BCUT2D eigenvalue weighted by atomic mass is 19.3. The maximum atomic E-state index is 13.0. The van der Waals surface area contributed by atoms with Gasteiger partial charge in [0.05, 0.1) is 0 Å². The first-order chi connectivity index (χ1) is 10.1. The van der Waals surface area contributed by atoms with Gasteiger partial charge in [-0.25, -0.2) is 0 Å². The third kappa shape index (κ3) is 3.20. The van der Waals surface area contributed by atoms with Crippen LogP contribution >= 0.6 is 0 Å². The summed E-state index contributed by atoms with van der Waals surface area (Å²) in [6.45, 7) is 6.07. The fourth-order valence-corrected chi connectivity index (χ4v) is 2.85. The molecule has 6 heteroatoms. The van der Waals surface area contributed by atoms with Crippen molar-refractivity contribution < 1.29 is 18.3 Å². The van der Waals surface area contributed by atoms with E-state index in [9.17, 15) is 8.78 Å². The first-order valence-electron chi connectivity index (χ1n) is 7.43. The standard InChI is InChI=1S/C15H20F2N2O2/c1-2-6-18-9-11-5-7-19(10-11)12-3-4-13-14(8-12)21-15(16,17)20-13/h3-4,8,11,18H,2,5-7,9-10H2,1H3. The number of nitrogens with zero attached hydrogens (tertiary/aromatic N) is 1. The smallest absolute Gasteiger partial charge is 0.395 e. The fourth-order valence-electron chi connectivity index (χ4n) is 2.85. The first-order valence-corrected chi connectivity index (χ1v) is 7.43. The highest BCUT2D eigenvalue weighted by Gasteiger charge is 2.43. The SMILES string of the molecule is CCCNCC1CCN(c2ccc3c(c2)OC(F)(F)O3)C1. The molecule has 2 aliphatic heterocycles. The van der Waals surface area contributed by atoms with Crippen molar-refractivity contribution in [1.82, 2.24) is 5.32 Å². The van der Waals surface area contributed by atoms with Gasteiger partial charge < -0.3 is 19.7 Å². The van der Waals surface area contributed by atoms with E-state index in [4.69, 9.17) is 0 Å². The van der Waals surface area contributed by atoms with Crippen LogP contribution in [0, 0.1) is 5.92 Å². The molecule has 1 aromatic rings. The zero-order valence-electron chi connectivity index (χ0n) is 12.1. The summed E-state index contributed by atoms with van der Waals surface area (Å²) in [5.41, 5.74) is 0.910. The Labute approximate surface area is 123 Å². The molecule has 4 nitrogen and oxygen atoms in total. The molecule has 1 saturated heterocycles. The van der Waals surface area contributed by atoms with Crippen LogP contribution in [0.15, 0.2) is 18.2 Å². The Balaban J connectivity index is 1.62. The Hall–Kier alpha value is -1.56. The van der Waals surface area contributed by atoms with Crippen molar-refractivity contribution in [3.05, 3.63) is 18.2 Å². The number of rotatable bonds is 5. The molecule has 1 atom stereocenters. The third-order valence-electron chi connectivity index (χ3n) is 3.90. The second-order valence-electron chi connectivity index (χ2n) is 5.60. The maximum Gasteiger partial charge on any atom is 0.586 e. The van der Waals surface area contributed by atoms with Crippen LogP contribution in [0.3, 0.4) is 0 Å². The minimum Gasteiger partial charge on any atom is -0.395 e. The van der Waals surface area contributed by atoms with Crippen LogP contribution in [-0.4, -0.2) is 32.5 Å². The van der Waals surface area contributed by atoms with Crippen LogP contribution < -0.4 is 19.7 Å². The normalized spacial score (nSPS) is 22.8. The van der Waals surface area contributed by atoms with Crippen LogP contribution in [0.1, 0.15) is 19.8 Å². The van der Waals surface area contributed by atoms with E-state index >= 15 is 0 Å².